The maximum absolute atomic E-state index is 14.4. The molecule has 1 aliphatic carbocycles. The van der Waals surface area contributed by atoms with Crippen LogP contribution in [-0.4, -0.2) is 62.3 Å². The summed E-state index contributed by atoms with van der Waals surface area (Å²) in [6, 6.07) is 14.0. The van der Waals surface area contributed by atoms with Crippen LogP contribution in [0.15, 0.2) is 70.1 Å². The van der Waals surface area contributed by atoms with Crippen LogP contribution in [0.25, 0.3) is 21.9 Å². The van der Waals surface area contributed by atoms with Crippen LogP contribution in [0.5, 0.6) is 0 Å². The van der Waals surface area contributed by atoms with E-state index in [2.05, 4.69) is 25.7 Å². The molecule has 0 saturated heterocycles. The molecule has 4 aromatic rings. The molecule has 2 unspecified atom stereocenters. The van der Waals surface area contributed by atoms with E-state index in [9.17, 15) is 17.9 Å². The van der Waals surface area contributed by atoms with E-state index >= 15 is 0 Å². The van der Waals surface area contributed by atoms with Crippen LogP contribution in [0.4, 0.5) is 0 Å². The lowest BCUT2D eigenvalue weighted by Crippen LogP contribution is -2.38. The highest BCUT2D eigenvalue weighted by Gasteiger charge is 2.40. The Labute approximate surface area is 297 Å². The number of rotatable bonds is 11. The number of benzene rings is 2. The molecular weight excluding hydrogens is 691 g/mol. The fraction of sp³-hybridized carbons (Fsp3) is 0.417. The molecule has 0 bridgehead atoms. The highest BCUT2D eigenvalue weighted by atomic mass is 32.2. The van der Waals surface area contributed by atoms with Crippen LogP contribution in [0.1, 0.15) is 56.6 Å². The van der Waals surface area contributed by atoms with Gasteiger partial charge in [0.15, 0.2) is 5.82 Å². The summed E-state index contributed by atoms with van der Waals surface area (Å²) in [5.41, 5.74) is 4.05. The summed E-state index contributed by atoms with van der Waals surface area (Å²) in [7, 11) is -6.98. The molecule has 0 radical (unpaired) electrons. The lowest BCUT2D eigenvalue weighted by atomic mass is 10.0. The Hall–Kier alpha value is -3.28. The summed E-state index contributed by atoms with van der Waals surface area (Å²) >= 11 is 1.51. The van der Waals surface area contributed by atoms with E-state index in [0.29, 0.717) is 57.6 Å². The van der Waals surface area contributed by atoms with Gasteiger partial charge in [0.1, 0.15) is 28.2 Å². The average molecular weight is 736 g/mol. The number of aryl methyl sites for hydroxylation is 1. The van der Waals surface area contributed by atoms with Crippen LogP contribution in [0, 0.1) is 18.3 Å². The topological polar surface area (TPSA) is 119 Å². The number of hydrogen-bond donors (Lipinski definition) is 0. The van der Waals surface area contributed by atoms with Gasteiger partial charge in [-0.2, -0.15) is 9.66 Å². The van der Waals surface area contributed by atoms with E-state index < -0.39 is 38.6 Å². The first-order valence-corrected chi connectivity index (χ1v) is 23.7. The molecule has 0 aliphatic heterocycles. The van der Waals surface area contributed by atoms with Crippen molar-refractivity contribution >= 4 is 68.5 Å². The predicted octanol–water partition coefficient (Wildman–Crippen LogP) is 7.93. The van der Waals surface area contributed by atoms with Crippen LogP contribution in [-0.2, 0) is 32.5 Å². The number of ether oxygens (including phenoxy) is 1. The second-order valence-corrected chi connectivity index (χ2v) is 25.5. The van der Waals surface area contributed by atoms with Gasteiger partial charge in [-0.1, -0.05) is 43.9 Å². The molecule has 0 amide bonds. The largest absolute Gasteiger partial charge is 0.361 e. The normalized spacial score (nSPS) is 18.2. The maximum Gasteiger partial charge on any atom is 0.248 e. The Bertz CT molecular complexity index is 2190. The third-order valence-electron chi connectivity index (χ3n) is 8.61. The molecule has 260 valence electrons. The number of imidazole rings is 1. The number of nitrogens with zero attached hydrogens (tertiary/aromatic N) is 5. The van der Waals surface area contributed by atoms with E-state index in [4.69, 9.17) is 14.1 Å². The molecule has 2 heterocycles. The molecule has 0 N–H and O–H groups in total. The molecule has 2 atom stereocenters. The predicted molar refractivity (Wildman–Crippen MR) is 207 cm³/mol. The SMILES string of the molecule is CSC1=CC(C)(S(=O)(=O)n2ccc3c(C(=NS(=O)C(C)(C)C)c4nc5ccc(C#N)cc5n4COCC[Si](C)(C)C)ccc(C)c32)CC=C1. The number of hydrogen-bond acceptors (Lipinski definition) is 7. The zero-order chi connectivity index (χ0) is 35.9. The van der Waals surface area contributed by atoms with Crippen LogP contribution < -0.4 is 0 Å². The smallest absolute Gasteiger partial charge is 0.248 e. The minimum atomic E-state index is -3.92. The Kier molecular flexibility index (Phi) is 10.4. The summed E-state index contributed by atoms with van der Waals surface area (Å²) < 4.78 is 55.2. The van der Waals surface area contributed by atoms with Gasteiger partial charge in [-0.05, 0) is 89.2 Å². The first-order valence-electron chi connectivity index (χ1n) is 16.2. The van der Waals surface area contributed by atoms with E-state index in [1.807, 2.05) is 68.9 Å². The average Bonchev–Trinajstić information content (AvgIpc) is 3.64. The minimum absolute atomic E-state index is 0.146. The van der Waals surface area contributed by atoms with Crippen molar-refractivity contribution in [3.05, 3.63) is 88.2 Å². The van der Waals surface area contributed by atoms with Crippen LogP contribution in [0.2, 0.25) is 25.7 Å². The molecule has 0 saturated carbocycles. The highest BCUT2D eigenvalue weighted by Crippen LogP contribution is 2.37. The zero-order valence-electron chi connectivity index (χ0n) is 29.7. The molecular formula is C36H45N5O4S3Si. The Morgan fingerprint density at radius 2 is 1.94 bits per heavy atom. The molecule has 9 nitrogen and oxygen atoms in total. The summed E-state index contributed by atoms with van der Waals surface area (Å²) in [4.78, 5) is 5.89. The first-order chi connectivity index (χ1) is 22.9. The number of aromatic nitrogens is 3. The van der Waals surface area contributed by atoms with Gasteiger partial charge < -0.3 is 4.74 Å². The Morgan fingerprint density at radius 3 is 2.59 bits per heavy atom. The number of nitriles is 1. The van der Waals surface area contributed by atoms with E-state index in [1.54, 1.807) is 37.4 Å². The van der Waals surface area contributed by atoms with Crippen molar-refractivity contribution in [3.63, 3.8) is 0 Å². The second-order valence-electron chi connectivity index (χ2n) is 14.8. The number of thioether (sulfide) groups is 1. The standard InChI is InChI=1S/C36H45N5O4S3Si/c1-25-12-14-28(29-16-18-41(33(25)29)48(43,44)36(5)17-10-11-27(22-36)46-6)32(39-47(42)35(2,3)4)34-38-30-15-13-26(23-37)21-31(30)40(34)24-45-19-20-49(7,8)9/h10-16,18,21-22H,17,19-20,24H2,1-9H3. The van der Waals surface area contributed by atoms with Crippen molar-refractivity contribution in [2.45, 2.75) is 82.9 Å². The van der Waals surface area contributed by atoms with Gasteiger partial charge >= 0.3 is 0 Å². The summed E-state index contributed by atoms with van der Waals surface area (Å²) in [5, 5.41) is 10.4. The van der Waals surface area contributed by atoms with Gasteiger partial charge in [0, 0.05) is 36.7 Å². The minimum Gasteiger partial charge on any atom is -0.361 e. The van der Waals surface area contributed by atoms with Crippen LogP contribution in [0.3, 0.4) is 0 Å². The third-order valence-corrected chi connectivity index (χ3v) is 14.7. The summed E-state index contributed by atoms with van der Waals surface area (Å²) in [5.74, 6) is 0.424. The first kappa shape index (κ1) is 37.0. The molecule has 13 heteroatoms. The van der Waals surface area contributed by atoms with Crippen molar-refractivity contribution < 1.29 is 17.4 Å². The van der Waals surface area contributed by atoms with Crippen molar-refractivity contribution in [1.29, 1.82) is 5.26 Å². The molecule has 2 aromatic heterocycles. The monoisotopic (exact) mass is 735 g/mol. The van der Waals surface area contributed by atoms with Crippen molar-refractivity contribution in [2.24, 2.45) is 4.40 Å². The molecule has 0 fully saturated rings. The van der Waals surface area contributed by atoms with Gasteiger partial charge in [0.05, 0.1) is 32.9 Å². The van der Waals surface area contributed by atoms with Crippen LogP contribution >= 0.6 is 11.8 Å². The maximum atomic E-state index is 14.4. The lowest BCUT2D eigenvalue weighted by molar-refractivity contribution is 0.0895. The Balaban J connectivity index is 1.75. The molecule has 1 aliphatic rings. The fourth-order valence-electron chi connectivity index (χ4n) is 5.62. The zero-order valence-corrected chi connectivity index (χ0v) is 33.1. The quantitative estimate of drug-likeness (QED) is 0.0872. The van der Waals surface area contributed by atoms with Crippen molar-refractivity contribution in [1.82, 2.24) is 13.5 Å². The summed E-state index contributed by atoms with van der Waals surface area (Å²) in [6.45, 7) is 16.8. The number of allylic oxidation sites excluding steroid dienone is 2. The third kappa shape index (κ3) is 7.44. The molecule has 5 rings (SSSR count). The molecule has 0 spiro atoms. The van der Waals surface area contributed by atoms with Gasteiger partial charge in [0.2, 0.25) is 10.0 Å². The van der Waals surface area contributed by atoms with E-state index in [0.717, 1.165) is 16.5 Å². The molecule has 49 heavy (non-hydrogen) atoms. The van der Waals surface area contributed by atoms with Gasteiger partial charge in [-0.15, -0.1) is 11.8 Å². The van der Waals surface area contributed by atoms with Crippen molar-refractivity contribution in [2.75, 3.05) is 12.9 Å². The Morgan fingerprint density at radius 1 is 1.20 bits per heavy atom. The van der Waals surface area contributed by atoms with Gasteiger partial charge in [0.25, 0.3) is 0 Å². The lowest BCUT2D eigenvalue weighted by Gasteiger charge is -2.29. The van der Waals surface area contributed by atoms with Gasteiger partial charge in [-0.3, -0.25) is 4.57 Å². The highest BCUT2D eigenvalue weighted by molar-refractivity contribution is 8.02. The van der Waals surface area contributed by atoms with Gasteiger partial charge in [-0.25, -0.2) is 21.6 Å². The second kappa shape index (κ2) is 13.8. The van der Waals surface area contributed by atoms with E-state index in [-0.39, 0.29) is 6.73 Å². The fourth-order valence-corrected chi connectivity index (χ4v) is 9.42. The summed E-state index contributed by atoms with van der Waals surface area (Å²) in [6.07, 6.45) is 9.58. The number of fused-ring (bicyclic) bond motifs is 2. The van der Waals surface area contributed by atoms with E-state index in [1.165, 1.54) is 15.7 Å². The van der Waals surface area contributed by atoms with Crippen molar-refractivity contribution in [3.8, 4) is 6.07 Å². The molecule has 2 aromatic carbocycles.